The average molecular weight is 450 g/mol. The van der Waals surface area contributed by atoms with E-state index in [4.69, 9.17) is 14.2 Å². The lowest BCUT2D eigenvalue weighted by molar-refractivity contribution is -0.125. The summed E-state index contributed by atoms with van der Waals surface area (Å²) in [5.74, 6) is 2.03. The first-order valence-electron chi connectivity index (χ1n) is 10.6. The van der Waals surface area contributed by atoms with Crippen molar-refractivity contribution in [3.63, 3.8) is 0 Å². The van der Waals surface area contributed by atoms with Gasteiger partial charge in [0.2, 0.25) is 5.91 Å². The van der Waals surface area contributed by atoms with Crippen molar-refractivity contribution < 1.29 is 23.8 Å². The summed E-state index contributed by atoms with van der Waals surface area (Å²) >= 11 is 0. The molecule has 2 aromatic carbocycles. The Morgan fingerprint density at radius 2 is 1.94 bits per heavy atom. The van der Waals surface area contributed by atoms with Crippen LogP contribution in [0.25, 0.3) is 0 Å². The zero-order chi connectivity index (χ0) is 23.4. The molecule has 0 saturated carbocycles. The van der Waals surface area contributed by atoms with Crippen molar-refractivity contribution in [2.75, 3.05) is 31.0 Å². The van der Waals surface area contributed by atoms with Gasteiger partial charge in [-0.25, -0.2) is 4.68 Å². The van der Waals surface area contributed by atoms with E-state index in [2.05, 4.69) is 10.4 Å². The molecule has 3 aromatic rings. The number of benzene rings is 2. The fourth-order valence-electron chi connectivity index (χ4n) is 3.81. The molecule has 33 heavy (non-hydrogen) atoms. The van der Waals surface area contributed by atoms with Gasteiger partial charge in [0, 0.05) is 24.6 Å². The van der Waals surface area contributed by atoms with Crippen molar-refractivity contribution in [3.05, 3.63) is 60.3 Å². The lowest BCUT2D eigenvalue weighted by Gasteiger charge is -2.32. The topological polar surface area (TPSA) is 94.9 Å². The molecule has 0 fully saturated rings. The van der Waals surface area contributed by atoms with Crippen LogP contribution in [0.1, 0.15) is 18.9 Å². The molecule has 0 saturated heterocycles. The Labute approximate surface area is 191 Å². The molecule has 2 heterocycles. The Kier molecular flexibility index (Phi) is 6.48. The number of carbonyl (C=O) groups is 2. The number of nitrogens with one attached hydrogen (secondary N) is 1. The summed E-state index contributed by atoms with van der Waals surface area (Å²) in [5, 5.41) is 7.21. The van der Waals surface area contributed by atoms with Crippen molar-refractivity contribution in [3.8, 4) is 17.2 Å². The summed E-state index contributed by atoms with van der Waals surface area (Å²) in [4.78, 5) is 26.9. The van der Waals surface area contributed by atoms with Crippen molar-refractivity contribution in [1.29, 1.82) is 0 Å². The summed E-state index contributed by atoms with van der Waals surface area (Å²) in [6, 6.07) is 14.6. The van der Waals surface area contributed by atoms with Gasteiger partial charge >= 0.3 is 0 Å². The molecule has 1 N–H and O–H groups in total. The molecule has 0 aliphatic carbocycles. The van der Waals surface area contributed by atoms with Gasteiger partial charge in [-0.15, -0.1) is 0 Å². The Morgan fingerprint density at radius 3 is 2.73 bits per heavy atom. The number of nitrogens with zero attached hydrogens (tertiary/aromatic N) is 3. The van der Waals surface area contributed by atoms with Crippen molar-refractivity contribution in [2.24, 2.45) is 0 Å². The van der Waals surface area contributed by atoms with E-state index in [9.17, 15) is 9.59 Å². The highest BCUT2D eigenvalue weighted by atomic mass is 16.5. The van der Waals surface area contributed by atoms with Crippen LogP contribution < -0.4 is 24.4 Å². The van der Waals surface area contributed by atoms with E-state index < -0.39 is 6.10 Å². The second kappa shape index (κ2) is 9.64. The van der Waals surface area contributed by atoms with E-state index >= 15 is 0 Å². The number of fused-ring (bicyclic) bond motifs is 1. The number of anilines is 2. The molecular formula is C24H26N4O5. The maximum atomic E-state index is 12.7. The van der Waals surface area contributed by atoms with Gasteiger partial charge in [-0.1, -0.05) is 24.3 Å². The largest absolute Gasteiger partial charge is 0.493 e. The molecule has 2 amide bonds. The van der Waals surface area contributed by atoms with E-state index in [1.807, 2.05) is 42.5 Å². The molecule has 1 unspecified atom stereocenters. The zero-order valence-corrected chi connectivity index (χ0v) is 18.8. The lowest BCUT2D eigenvalue weighted by Crippen LogP contribution is -2.45. The molecule has 1 atom stereocenters. The van der Waals surface area contributed by atoms with E-state index in [1.54, 1.807) is 43.0 Å². The molecule has 1 aromatic heterocycles. The minimum atomic E-state index is -0.595. The SMILES string of the molecule is COc1cccc(Cn2nccc2NC(=O)CCN2C(=O)C(C)Oc3ccccc32)c1OC. The first-order valence-corrected chi connectivity index (χ1v) is 10.6. The van der Waals surface area contributed by atoms with Crippen LogP contribution in [0.5, 0.6) is 17.2 Å². The van der Waals surface area contributed by atoms with E-state index in [-0.39, 0.29) is 24.8 Å². The predicted octanol–water partition coefficient (Wildman–Crippen LogP) is 3.09. The molecular weight excluding hydrogens is 424 g/mol. The smallest absolute Gasteiger partial charge is 0.267 e. The summed E-state index contributed by atoms with van der Waals surface area (Å²) in [6.07, 6.45) is 1.15. The van der Waals surface area contributed by atoms with Crippen LogP contribution in [0.3, 0.4) is 0 Å². The standard InChI is InChI=1S/C24H26N4O5/c1-16-24(30)27(18-8-4-5-9-19(18)33-16)14-12-22(29)26-21-11-13-25-28(21)15-17-7-6-10-20(31-2)23(17)32-3/h4-11,13,16H,12,14-15H2,1-3H3,(H,26,29). The number of rotatable bonds is 8. The van der Waals surface area contributed by atoms with Gasteiger partial charge in [-0.2, -0.15) is 5.10 Å². The number of aromatic nitrogens is 2. The van der Waals surface area contributed by atoms with Gasteiger partial charge in [-0.05, 0) is 25.1 Å². The monoisotopic (exact) mass is 450 g/mol. The number of carbonyl (C=O) groups excluding carboxylic acids is 2. The fraction of sp³-hybridized carbons (Fsp3) is 0.292. The molecule has 9 nitrogen and oxygen atoms in total. The number of ether oxygens (including phenoxy) is 3. The predicted molar refractivity (Wildman–Crippen MR) is 123 cm³/mol. The van der Waals surface area contributed by atoms with Gasteiger partial charge < -0.3 is 24.4 Å². The Balaban J connectivity index is 1.43. The summed E-state index contributed by atoms with van der Waals surface area (Å²) in [5.41, 5.74) is 1.53. The highest BCUT2D eigenvalue weighted by molar-refractivity contribution is 6.00. The van der Waals surface area contributed by atoms with Crippen LogP contribution in [-0.2, 0) is 16.1 Å². The minimum Gasteiger partial charge on any atom is -0.493 e. The van der Waals surface area contributed by atoms with Gasteiger partial charge in [-0.3, -0.25) is 9.59 Å². The molecule has 172 valence electrons. The molecule has 1 aliphatic rings. The Hall–Kier alpha value is -4.01. The highest BCUT2D eigenvalue weighted by Gasteiger charge is 2.31. The first kappa shape index (κ1) is 22.2. The van der Waals surface area contributed by atoms with Crippen molar-refractivity contribution in [1.82, 2.24) is 9.78 Å². The molecule has 0 radical (unpaired) electrons. The Morgan fingerprint density at radius 1 is 1.12 bits per heavy atom. The molecule has 0 spiro atoms. The van der Waals surface area contributed by atoms with Crippen LogP contribution in [0.15, 0.2) is 54.7 Å². The highest BCUT2D eigenvalue weighted by Crippen LogP contribution is 2.34. The fourth-order valence-corrected chi connectivity index (χ4v) is 3.81. The van der Waals surface area contributed by atoms with E-state index in [0.29, 0.717) is 35.3 Å². The van der Waals surface area contributed by atoms with Crippen LogP contribution in [-0.4, -0.2) is 48.5 Å². The Bertz CT molecular complexity index is 1160. The first-order chi connectivity index (χ1) is 16.0. The van der Waals surface area contributed by atoms with Gasteiger partial charge in [0.15, 0.2) is 17.6 Å². The molecule has 0 bridgehead atoms. The summed E-state index contributed by atoms with van der Waals surface area (Å²) < 4.78 is 18.2. The van der Waals surface area contributed by atoms with E-state index in [0.717, 1.165) is 5.56 Å². The number of para-hydroxylation sites is 3. The normalized spacial score (nSPS) is 14.9. The minimum absolute atomic E-state index is 0.125. The van der Waals surface area contributed by atoms with E-state index in [1.165, 1.54) is 0 Å². The summed E-state index contributed by atoms with van der Waals surface area (Å²) in [7, 11) is 3.17. The van der Waals surface area contributed by atoms with Gasteiger partial charge in [0.1, 0.15) is 11.6 Å². The van der Waals surface area contributed by atoms with Crippen LogP contribution in [0.4, 0.5) is 11.5 Å². The number of hydrogen-bond donors (Lipinski definition) is 1. The van der Waals surface area contributed by atoms with Crippen LogP contribution in [0, 0.1) is 0 Å². The third-order valence-electron chi connectivity index (χ3n) is 5.42. The molecule has 4 rings (SSSR count). The van der Waals surface area contributed by atoms with Gasteiger partial charge in [0.25, 0.3) is 5.91 Å². The average Bonchev–Trinajstić information content (AvgIpc) is 3.25. The van der Waals surface area contributed by atoms with Crippen LogP contribution >= 0.6 is 0 Å². The van der Waals surface area contributed by atoms with Crippen molar-refractivity contribution >= 4 is 23.3 Å². The molecule has 1 aliphatic heterocycles. The maximum absolute atomic E-state index is 12.7. The van der Waals surface area contributed by atoms with Crippen LogP contribution in [0.2, 0.25) is 0 Å². The van der Waals surface area contributed by atoms with Gasteiger partial charge in [0.05, 0.1) is 32.6 Å². The zero-order valence-electron chi connectivity index (χ0n) is 18.8. The maximum Gasteiger partial charge on any atom is 0.267 e. The summed E-state index contributed by atoms with van der Waals surface area (Å²) in [6.45, 7) is 2.33. The number of methoxy groups -OCH3 is 2. The van der Waals surface area contributed by atoms with Crippen molar-refractivity contribution in [2.45, 2.75) is 26.0 Å². The molecule has 9 heteroatoms. The second-order valence-corrected chi connectivity index (χ2v) is 7.54. The number of hydrogen-bond acceptors (Lipinski definition) is 6. The third-order valence-corrected chi connectivity index (χ3v) is 5.42. The lowest BCUT2D eigenvalue weighted by atomic mass is 10.1. The number of amides is 2. The second-order valence-electron chi connectivity index (χ2n) is 7.54. The quantitative estimate of drug-likeness (QED) is 0.567. The third kappa shape index (κ3) is 4.62.